The minimum atomic E-state index is -0.163. The van der Waals surface area contributed by atoms with Crippen LogP contribution in [0.1, 0.15) is 32.4 Å². The van der Waals surface area contributed by atoms with E-state index in [2.05, 4.69) is 52.4 Å². The molecule has 15 heavy (non-hydrogen) atoms. The molecule has 0 heterocycles. The zero-order valence-electron chi connectivity index (χ0n) is 9.55. The molecular formula is C12H19BrN2. The Kier molecular flexibility index (Phi) is 4.32. The van der Waals surface area contributed by atoms with Crippen LogP contribution in [0.2, 0.25) is 0 Å². The lowest BCUT2D eigenvalue weighted by Crippen LogP contribution is -2.43. The molecule has 0 aromatic heterocycles. The summed E-state index contributed by atoms with van der Waals surface area (Å²) in [6.45, 7) is 7.00. The van der Waals surface area contributed by atoms with E-state index >= 15 is 0 Å². The van der Waals surface area contributed by atoms with Gasteiger partial charge in [-0.15, -0.1) is 0 Å². The van der Waals surface area contributed by atoms with Gasteiger partial charge < -0.3 is 11.1 Å². The monoisotopic (exact) mass is 270 g/mol. The van der Waals surface area contributed by atoms with Crippen molar-refractivity contribution in [3.8, 4) is 0 Å². The molecule has 0 amide bonds. The van der Waals surface area contributed by atoms with Gasteiger partial charge in [-0.3, -0.25) is 0 Å². The Morgan fingerprint density at radius 3 is 2.33 bits per heavy atom. The maximum atomic E-state index is 5.92. The van der Waals surface area contributed by atoms with Gasteiger partial charge in [0, 0.05) is 22.6 Å². The highest BCUT2D eigenvalue weighted by Gasteiger charge is 2.12. The maximum Gasteiger partial charge on any atom is 0.0292 e. The molecule has 0 aliphatic carbocycles. The summed E-state index contributed by atoms with van der Waals surface area (Å²) in [5.74, 6) is 0. The number of rotatable bonds is 4. The molecule has 3 N–H and O–H groups in total. The molecule has 0 spiro atoms. The van der Waals surface area contributed by atoms with E-state index in [1.807, 2.05) is 13.8 Å². The molecule has 1 aromatic carbocycles. The summed E-state index contributed by atoms with van der Waals surface area (Å²) < 4.78 is 1.11. The molecule has 0 bridgehead atoms. The van der Waals surface area contributed by atoms with Crippen LogP contribution in [0.15, 0.2) is 28.7 Å². The second-order valence-corrected chi connectivity index (χ2v) is 5.56. The van der Waals surface area contributed by atoms with Crippen LogP contribution in [-0.4, -0.2) is 12.1 Å². The third kappa shape index (κ3) is 4.78. The SMILES string of the molecule is CC(NCC(C)(C)N)c1ccc(Br)cc1. The van der Waals surface area contributed by atoms with Gasteiger partial charge >= 0.3 is 0 Å². The smallest absolute Gasteiger partial charge is 0.0292 e. The van der Waals surface area contributed by atoms with E-state index < -0.39 is 0 Å². The van der Waals surface area contributed by atoms with Crippen LogP contribution >= 0.6 is 15.9 Å². The summed E-state index contributed by atoms with van der Waals surface area (Å²) in [6.07, 6.45) is 0. The molecule has 3 heteroatoms. The number of nitrogens with one attached hydrogen (secondary N) is 1. The Bertz CT molecular complexity index is 300. The lowest BCUT2D eigenvalue weighted by Gasteiger charge is -2.23. The Hall–Kier alpha value is -0.380. The molecule has 84 valence electrons. The van der Waals surface area contributed by atoms with Gasteiger partial charge in [-0.25, -0.2) is 0 Å². The molecule has 1 aromatic rings. The van der Waals surface area contributed by atoms with Gasteiger partial charge in [0.25, 0.3) is 0 Å². The first-order chi connectivity index (χ1) is 6.88. The van der Waals surface area contributed by atoms with Crippen molar-refractivity contribution in [2.45, 2.75) is 32.4 Å². The van der Waals surface area contributed by atoms with E-state index in [4.69, 9.17) is 5.73 Å². The molecule has 0 fully saturated rings. The largest absolute Gasteiger partial charge is 0.324 e. The van der Waals surface area contributed by atoms with E-state index in [-0.39, 0.29) is 5.54 Å². The Morgan fingerprint density at radius 2 is 1.87 bits per heavy atom. The van der Waals surface area contributed by atoms with Crippen molar-refractivity contribution >= 4 is 15.9 Å². The van der Waals surface area contributed by atoms with Crippen molar-refractivity contribution in [1.82, 2.24) is 5.32 Å². The molecule has 0 radical (unpaired) electrons. The van der Waals surface area contributed by atoms with Crippen molar-refractivity contribution in [3.63, 3.8) is 0 Å². The fraction of sp³-hybridized carbons (Fsp3) is 0.500. The second kappa shape index (κ2) is 5.10. The summed E-state index contributed by atoms with van der Waals surface area (Å²) in [6, 6.07) is 8.68. The van der Waals surface area contributed by atoms with Gasteiger partial charge in [-0.1, -0.05) is 28.1 Å². The highest BCUT2D eigenvalue weighted by atomic mass is 79.9. The highest BCUT2D eigenvalue weighted by molar-refractivity contribution is 9.10. The van der Waals surface area contributed by atoms with Crippen LogP contribution in [0.3, 0.4) is 0 Å². The zero-order valence-corrected chi connectivity index (χ0v) is 11.1. The number of hydrogen-bond acceptors (Lipinski definition) is 2. The number of hydrogen-bond donors (Lipinski definition) is 2. The average molecular weight is 271 g/mol. The van der Waals surface area contributed by atoms with E-state index in [1.54, 1.807) is 0 Å². The lowest BCUT2D eigenvalue weighted by atomic mass is 10.0. The van der Waals surface area contributed by atoms with Gasteiger partial charge in [0.2, 0.25) is 0 Å². The fourth-order valence-electron chi connectivity index (χ4n) is 1.29. The first-order valence-electron chi connectivity index (χ1n) is 5.16. The molecule has 1 unspecified atom stereocenters. The Morgan fingerprint density at radius 1 is 1.33 bits per heavy atom. The van der Waals surface area contributed by atoms with Crippen LogP contribution in [0, 0.1) is 0 Å². The molecule has 0 aliphatic heterocycles. The quantitative estimate of drug-likeness (QED) is 0.883. The maximum absolute atomic E-state index is 5.92. The van der Waals surface area contributed by atoms with E-state index in [1.165, 1.54) is 5.56 Å². The van der Waals surface area contributed by atoms with Crippen molar-refractivity contribution < 1.29 is 0 Å². The van der Waals surface area contributed by atoms with Crippen molar-refractivity contribution in [3.05, 3.63) is 34.3 Å². The summed E-state index contributed by atoms with van der Waals surface area (Å²) in [4.78, 5) is 0. The van der Waals surface area contributed by atoms with Crippen LogP contribution in [-0.2, 0) is 0 Å². The lowest BCUT2D eigenvalue weighted by molar-refractivity contribution is 0.434. The number of benzene rings is 1. The third-order valence-corrected chi connectivity index (χ3v) is 2.76. The topological polar surface area (TPSA) is 38.0 Å². The standard InChI is InChI=1S/C12H19BrN2/c1-9(15-8-12(2,3)14)10-4-6-11(13)7-5-10/h4-7,9,15H,8,14H2,1-3H3. The first-order valence-corrected chi connectivity index (χ1v) is 5.95. The van der Waals surface area contributed by atoms with Crippen LogP contribution < -0.4 is 11.1 Å². The van der Waals surface area contributed by atoms with Crippen LogP contribution in [0.5, 0.6) is 0 Å². The van der Waals surface area contributed by atoms with Crippen molar-refractivity contribution in [2.24, 2.45) is 5.73 Å². The molecule has 0 saturated heterocycles. The van der Waals surface area contributed by atoms with Gasteiger partial charge in [-0.05, 0) is 38.5 Å². The van der Waals surface area contributed by atoms with Gasteiger partial charge in [0.1, 0.15) is 0 Å². The molecule has 0 saturated carbocycles. The van der Waals surface area contributed by atoms with Gasteiger partial charge in [-0.2, -0.15) is 0 Å². The normalized spacial score (nSPS) is 13.9. The van der Waals surface area contributed by atoms with Gasteiger partial charge in [0.15, 0.2) is 0 Å². The third-order valence-electron chi connectivity index (χ3n) is 2.23. The molecular weight excluding hydrogens is 252 g/mol. The summed E-state index contributed by atoms with van der Waals surface area (Å²) in [5, 5.41) is 3.42. The van der Waals surface area contributed by atoms with Crippen LogP contribution in [0.25, 0.3) is 0 Å². The predicted octanol–water partition coefficient (Wildman–Crippen LogP) is 2.84. The molecule has 2 nitrogen and oxygen atoms in total. The fourth-order valence-corrected chi connectivity index (χ4v) is 1.55. The summed E-state index contributed by atoms with van der Waals surface area (Å²) in [5.41, 5.74) is 7.03. The summed E-state index contributed by atoms with van der Waals surface area (Å²) >= 11 is 3.42. The highest BCUT2D eigenvalue weighted by Crippen LogP contribution is 2.16. The molecule has 0 aliphatic rings. The van der Waals surface area contributed by atoms with E-state index in [0.29, 0.717) is 6.04 Å². The number of halogens is 1. The summed E-state index contributed by atoms with van der Waals surface area (Å²) in [7, 11) is 0. The average Bonchev–Trinajstić information content (AvgIpc) is 2.14. The Labute approximate surface area is 100 Å². The molecule has 1 atom stereocenters. The number of nitrogens with two attached hydrogens (primary N) is 1. The predicted molar refractivity (Wildman–Crippen MR) is 68.8 cm³/mol. The second-order valence-electron chi connectivity index (χ2n) is 4.64. The minimum absolute atomic E-state index is 0.163. The van der Waals surface area contributed by atoms with E-state index in [0.717, 1.165) is 11.0 Å². The van der Waals surface area contributed by atoms with Crippen LogP contribution in [0.4, 0.5) is 0 Å². The van der Waals surface area contributed by atoms with Gasteiger partial charge in [0.05, 0.1) is 0 Å². The van der Waals surface area contributed by atoms with Crippen molar-refractivity contribution in [2.75, 3.05) is 6.54 Å². The van der Waals surface area contributed by atoms with Crippen molar-refractivity contribution in [1.29, 1.82) is 0 Å². The first kappa shape index (κ1) is 12.7. The minimum Gasteiger partial charge on any atom is -0.324 e. The van der Waals surface area contributed by atoms with E-state index in [9.17, 15) is 0 Å². The zero-order chi connectivity index (χ0) is 11.5. The molecule has 1 rings (SSSR count). The Balaban J connectivity index is 2.54.